The molecule has 5 nitrogen and oxygen atoms in total. The number of rotatable bonds is 3. The van der Waals surface area contributed by atoms with E-state index in [0.29, 0.717) is 11.4 Å². The van der Waals surface area contributed by atoms with E-state index >= 15 is 0 Å². The average molecular weight is 362 g/mol. The van der Waals surface area contributed by atoms with E-state index in [0.717, 1.165) is 32.1 Å². The first-order valence-electron chi connectivity index (χ1n) is 9.50. The van der Waals surface area contributed by atoms with Crippen molar-refractivity contribution in [1.29, 1.82) is 0 Å². The number of carbonyl (C=O) groups excluding carboxylic acids is 3. The molecule has 2 aliphatic rings. The Hall–Kier alpha value is -2.95. The van der Waals surface area contributed by atoms with Crippen molar-refractivity contribution in [3.8, 4) is 0 Å². The van der Waals surface area contributed by atoms with Crippen LogP contribution in [0.4, 0.5) is 16.2 Å². The topological polar surface area (TPSA) is 57.7 Å². The van der Waals surface area contributed by atoms with Crippen LogP contribution in [0.2, 0.25) is 0 Å². The van der Waals surface area contributed by atoms with E-state index in [1.165, 1.54) is 9.80 Å². The highest BCUT2D eigenvalue weighted by Crippen LogP contribution is 2.37. The summed E-state index contributed by atoms with van der Waals surface area (Å²) in [6.45, 7) is 0. The molecule has 0 aromatic heterocycles. The van der Waals surface area contributed by atoms with Crippen LogP contribution in [0.5, 0.6) is 0 Å². The number of urea groups is 1. The van der Waals surface area contributed by atoms with Crippen molar-refractivity contribution in [1.82, 2.24) is 0 Å². The van der Waals surface area contributed by atoms with Crippen LogP contribution in [0.3, 0.4) is 0 Å². The zero-order chi connectivity index (χ0) is 18.8. The molecule has 0 bridgehead atoms. The Bertz CT molecular complexity index is 783. The van der Waals surface area contributed by atoms with Crippen molar-refractivity contribution in [2.75, 3.05) is 9.80 Å². The normalized spacial score (nSPS) is 19.6. The molecule has 2 aromatic carbocycles. The van der Waals surface area contributed by atoms with E-state index in [2.05, 4.69) is 0 Å². The van der Waals surface area contributed by atoms with E-state index < -0.39 is 23.8 Å². The molecule has 27 heavy (non-hydrogen) atoms. The molecule has 1 saturated carbocycles. The monoisotopic (exact) mass is 362 g/mol. The standard InChI is InChI=1S/C22H22N2O3/c25-20-19(16-10-4-1-5-11-16)21(26)24(18-14-8-3-9-15-18)22(27)23(20)17-12-6-2-7-13-17/h2-3,6-9,12-16,19H,1,4-5,10-11H2. The summed E-state index contributed by atoms with van der Waals surface area (Å²) in [7, 11) is 0. The van der Waals surface area contributed by atoms with Crippen molar-refractivity contribution in [3.63, 3.8) is 0 Å². The molecule has 2 fully saturated rings. The summed E-state index contributed by atoms with van der Waals surface area (Å²) in [6, 6.07) is 17.1. The first-order chi connectivity index (χ1) is 13.2. The maximum absolute atomic E-state index is 13.3. The molecule has 1 aliphatic heterocycles. The number of nitrogens with zero attached hydrogens (tertiary/aromatic N) is 2. The maximum Gasteiger partial charge on any atom is 0.342 e. The Labute approximate surface area is 158 Å². The minimum absolute atomic E-state index is 0.00993. The number of carbonyl (C=O) groups is 3. The van der Waals surface area contributed by atoms with E-state index in [1.807, 2.05) is 12.1 Å². The van der Waals surface area contributed by atoms with E-state index in [9.17, 15) is 14.4 Å². The average Bonchev–Trinajstić information content (AvgIpc) is 2.70. The van der Waals surface area contributed by atoms with E-state index in [4.69, 9.17) is 0 Å². The Balaban J connectivity index is 1.79. The predicted molar refractivity (Wildman–Crippen MR) is 103 cm³/mol. The van der Waals surface area contributed by atoms with Crippen molar-refractivity contribution >= 4 is 29.2 Å². The van der Waals surface area contributed by atoms with Gasteiger partial charge in [0.15, 0.2) is 0 Å². The zero-order valence-electron chi connectivity index (χ0n) is 15.1. The molecule has 1 heterocycles. The van der Waals surface area contributed by atoms with Gasteiger partial charge in [-0.25, -0.2) is 14.6 Å². The van der Waals surface area contributed by atoms with Crippen LogP contribution in [0.1, 0.15) is 32.1 Å². The molecule has 1 aliphatic carbocycles. The molecular weight excluding hydrogens is 340 g/mol. The van der Waals surface area contributed by atoms with Crippen molar-refractivity contribution in [2.24, 2.45) is 11.8 Å². The van der Waals surface area contributed by atoms with Gasteiger partial charge in [-0.1, -0.05) is 55.7 Å². The Morgan fingerprint density at radius 2 is 1.07 bits per heavy atom. The number of anilines is 2. The zero-order valence-corrected chi connectivity index (χ0v) is 15.1. The third-order valence-electron chi connectivity index (χ3n) is 5.51. The summed E-state index contributed by atoms with van der Waals surface area (Å²) in [5.74, 6) is -1.60. The highest BCUT2D eigenvalue weighted by atomic mass is 16.2. The first kappa shape index (κ1) is 17.5. The van der Waals surface area contributed by atoms with E-state index in [-0.39, 0.29) is 5.92 Å². The lowest BCUT2D eigenvalue weighted by molar-refractivity contribution is -0.135. The summed E-state index contributed by atoms with van der Waals surface area (Å²) in [4.78, 5) is 42.1. The molecule has 1 saturated heterocycles. The van der Waals surface area contributed by atoms with Gasteiger partial charge in [-0.3, -0.25) is 9.59 Å². The molecular formula is C22H22N2O3. The minimum Gasteiger partial charge on any atom is -0.273 e. The van der Waals surface area contributed by atoms with Crippen LogP contribution < -0.4 is 9.80 Å². The molecule has 138 valence electrons. The highest BCUT2D eigenvalue weighted by Gasteiger charge is 2.50. The molecule has 5 heteroatoms. The molecule has 0 atom stereocenters. The Morgan fingerprint density at radius 1 is 0.630 bits per heavy atom. The van der Waals surface area contributed by atoms with Crippen LogP contribution >= 0.6 is 0 Å². The van der Waals surface area contributed by atoms with Crippen LogP contribution in [-0.2, 0) is 9.59 Å². The minimum atomic E-state index is -0.802. The van der Waals surface area contributed by atoms with Gasteiger partial charge in [-0.05, 0) is 43.0 Å². The quantitative estimate of drug-likeness (QED) is 0.761. The van der Waals surface area contributed by atoms with Gasteiger partial charge < -0.3 is 0 Å². The number of benzene rings is 2. The smallest absolute Gasteiger partial charge is 0.273 e. The number of amides is 4. The fourth-order valence-electron chi connectivity index (χ4n) is 4.17. The van der Waals surface area contributed by atoms with Gasteiger partial charge in [0.2, 0.25) is 11.8 Å². The third kappa shape index (κ3) is 3.14. The highest BCUT2D eigenvalue weighted by molar-refractivity contribution is 6.36. The lowest BCUT2D eigenvalue weighted by Crippen LogP contribution is -2.62. The number of hydrogen-bond donors (Lipinski definition) is 0. The Morgan fingerprint density at radius 3 is 1.52 bits per heavy atom. The number of imide groups is 2. The molecule has 0 spiro atoms. The van der Waals surface area contributed by atoms with Gasteiger partial charge in [-0.15, -0.1) is 0 Å². The lowest BCUT2D eigenvalue weighted by Gasteiger charge is -2.40. The number of hydrogen-bond acceptors (Lipinski definition) is 3. The third-order valence-corrected chi connectivity index (χ3v) is 5.51. The van der Waals surface area contributed by atoms with Crippen LogP contribution in [0, 0.1) is 11.8 Å². The number of para-hydroxylation sites is 2. The fourth-order valence-corrected chi connectivity index (χ4v) is 4.17. The Kier molecular flexibility index (Phi) is 4.75. The summed E-state index contributed by atoms with van der Waals surface area (Å²) >= 11 is 0. The second-order valence-electron chi connectivity index (χ2n) is 7.18. The van der Waals surface area contributed by atoms with Gasteiger partial charge in [0.1, 0.15) is 5.92 Å². The van der Waals surface area contributed by atoms with Crippen molar-refractivity contribution < 1.29 is 14.4 Å². The van der Waals surface area contributed by atoms with Gasteiger partial charge in [-0.2, -0.15) is 0 Å². The van der Waals surface area contributed by atoms with Crippen LogP contribution in [-0.4, -0.2) is 17.8 Å². The summed E-state index contributed by atoms with van der Waals surface area (Å²) in [5.41, 5.74) is 1.00. The largest absolute Gasteiger partial charge is 0.342 e. The van der Waals surface area contributed by atoms with Gasteiger partial charge in [0.05, 0.1) is 11.4 Å². The molecule has 0 unspecified atom stereocenters. The summed E-state index contributed by atoms with van der Waals surface area (Å²) in [6.07, 6.45) is 4.87. The van der Waals surface area contributed by atoms with Gasteiger partial charge >= 0.3 is 6.03 Å². The second-order valence-corrected chi connectivity index (χ2v) is 7.18. The number of barbiturate groups is 1. The van der Waals surface area contributed by atoms with Crippen LogP contribution in [0.15, 0.2) is 60.7 Å². The fraction of sp³-hybridized carbons (Fsp3) is 0.318. The lowest BCUT2D eigenvalue weighted by atomic mass is 9.77. The second kappa shape index (κ2) is 7.35. The maximum atomic E-state index is 13.3. The van der Waals surface area contributed by atoms with Gasteiger partial charge in [0.25, 0.3) is 0 Å². The van der Waals surface area contributed by atoms with Gasteiger partial charge in [0, 0.05) is 0 Å². The van der Waals surface area contributed by atoms with Crippen LogP contribution in [0.25, 0.3) is 0 Å². The SMILES string of the molecule is O=C1C(C2CCCCC2)C(=O)N(c2ccccc2)C(=O)N1c1ccccc1. The van der Waals surface area contributed by atoms with Crippen molar-refractivity contribution in [3.05, 3.63) is 60.7 Å². The molecule has 4 rings (SSSR count). The first-order valence-corrected chi connectivity index (χ1v) is 9.50. The molecule has 4 amide bonds. The molecule has 2 aromatic rings. The van der Waals surface area contributed by atoms with E-state index in [1.54, 1.807) is 48.5 Å². The van der Waals surface area contributed by atoms with Crippen molar-refractivity contribution in [2.45, 2.75) is 32.1 Å². The summed E-state index contributed by atoms with van der Waals surface area (Å²) in [5, 5.41) is 0. The predicted octanol–water partition coefficient (Wildman–Crippen LogP) is 4.38. The molecule has 0 N–H and O–H groups in total. The molecule has 0 radical (unpaired) electrons. The summed E-state index contributed by atoms with van der Waals surface area (Å²) < 4.78 is 0.